The molecule has 4 nitrogen and oxygen atoms in total. The molecule has 1 aromatic heterocycles. The van der Waals surface area contributed by atoms with Gasteiger partial charge in [0.2, 0.25) is 0 Å². The minimum atomic E-state index is 0.174. The summed E-state index contributed by atoms with van der Waals surface area (Å²) in [6.07, 6.45) is 1.10. The fraction of sp³-hybridized carbons (Fsp3) is 0. The normalized spacial score (nSPS) is 9.89. The fourth-order valence-electron chi connectivity index (χ4n) is 1.83. The number of hydrogen-bond donors (Lipinski definition) is 3. The molecular weight excluding hydrogens is 280 g/mol. The predicted molar refractivity (Wildman–Crippen MR) is 79.1 cm³/mol. The number of anilines is 1. The molecule has 1 heterocycles. The minimum absolute atomic E-state index is 0.174. The average molecular weight is 289 g/mol. The molecule has 94 valence electrons. The molecule has 0 saturated heterocycles. The van der Waals surface area contributed by atoms with Crippen molar-refractivity contribution in [1.82, 2.24) is 4.98 Å². The van der Waals surface area contributed by atoms with E-state index in [2.05, 4.69) is 4.98 Å². The van der Waals surface area contributed by atoms with Crippen LogP contribution in [0, 0.1) is 21.4 Å². The van der Waals surface area contributed by atoms with E-state index < -0.39 is 0 Å². The number of halogens is 1. The zero-order valence-corrected chi connectivity index (χ0v) is 11.3. The molecule has 4 N–H and O–H groups in total. The first-order valence-electron chi connectivity index (χ1n) is 5.31. The van der Waals surface area contributed by atoms with Gasteiger partial charge in [0.15, 0.2) is 0 Å². The van der Waals surface area contributed by atoms with Gasteiger partial charge < -0.3 is 16.1 Å². The summed E-state index contributed by atoms with van der Waals surface area (Å²) >= 11 is 11.3. The van der Waals surface area contributed by atoms with E-state index in [1.54, 1.807) is 24.3 Å². The van der Waals surface area contributed by atoms with Crippen LogP contribution in [0.2, 0.25) is 5.02 Å². The Bertz CT molecular complexity index is 758. The maximum atomic E-state index is 9.26. The van der Waals surface area contributed by atoms with Crippen molar-refractivity contribution < 1.29 is 0 Å². The van der Waals surface area contributed by atoms with Crippen LogP contribution in [0.3, 0.4) is 0 Å². The van der Waals surface area contributed by atoms with Crippen LogP contribution in [0.4, 0.5) is 5.82 Å². The number of rotatable bonds is 2. The summed E-state index contributed by atoms with van der Waals surface area (Å²) in [5.74, 6) is 0.174. The van der Waals surface area contributed by atoms with Crippen LogP contribution < -0.4 is 5.73 Å². The van der Waals surface area contributed by atoms with Gasteiger partial charge in [0.1, 0.15) is 22.1 Å². The van der Waals surface area contributed by atoms with Gasteiger partial charge in [0, 0.05) is 27.9 Å². The molecule has 0 unspecified atom stereocenters. The van der Waals surface area contributed by atoms with Gasteiger partial charge in [-0.1, -0.05) is 42.0 Å². The number of H-pyrrole nitrogens is 1. The summed E-state index contributed by atoms with van der Waals surface area (Å²) in [4.78, 5) is 2.71. The first-order chi connectivity index (χ1) is 9.10. The van der Waals surface area contributed by atoms with Crippen LogP contribution in [0.15, 0.2) is 24.3 Å². The van der Waals surface area contributed by atoms with E-state index in [-0.39, 0.29) is 11.4 Å². The number of hydrogen-bond acceptors (Lipinski definition) is 4. The number of nitrogens with two attached hydrogens (primary N) is 1. The average Bonchev–Trinajstić information content (AvgIpc) is 2.38. The quantitative estimate of drug-likeness (QED) is 0.583. The highest BCUT2D eigenvalue weighted by atomic mass is 35.5. The number of nitrogens with one attached hydrogen (secondary N) is 2. The first kappa shape index (κ1) is 13.3. The van der Waals surface area contributed by atoms with Gasteiger partial charge in [-0.25, -0.2) is 0 Å². The Morgan fingerprint density at radius 2 is 2.11 bits per heavy atom. The van der Waals surface area contributed by atoms with Gasteiger partial charge in [0.25, 0.3) is 0 Å². The van der Waals surface area contributed by atoms with Gasteiger partial charge >= 0.3 is 0 Å². The molecule has 19 heavy (non-hydrogen) atoms. The number of aromatic nitrogens is 1. The maximum absolute atomic E-state index is 9.26. The molecule has 0 atom stereocenters. The van der Waals surface area contributed by atoms with Crippen LogP contribution >= 0.6 is 23.8 Å². The first-order valence-corrected chi connectivity index (χ1v) is 6.10. The molecular formula is C13H9ClN4S. The lowest BCUT2D eigenvalue weighted by atomic mass is 9.97. The van der Waals surface area contributed by atoms with E-state index in [4.69, 9.17) is 35.0 Å². The molecule has 1 aromatic carbocycles. The number of aromatic amines is 1. The predicted octanol–water partition coefficient (Wildman–Crippen LogP) is 3.52. The molecule has 6 heteroatoms. The Balaban J connectivity index is 2.97. The molecule has 0 bridgehead atoms. The third kappa shape index (κ3) is 2.24. The monoisotopic (exact) mass is 288 g/mol. The fourth-order valence-corrected chi connectivity index (χ4v) is 2.33. The largest absolute Gasteiger partial charge is 0.384 e. The van der Waals surface area contributed by atoms with E-state index >= 15 is 0 Å². The van der Waals surface area contributed by atoms with Crippen molar-refractivity contribution in [2.75, 3.05) is 5.73 Å². The molecule has 0 amide bonds. The summed E-state index contributed by atoms with van der Waals surface area (Å²) in [6.45, 7) is 0. The van der Waals surface area contributed by atoms with Crippen LogP contribution in [-0.4, -0.2) is 11.2 Å². The molecule has 0 saturated carbocycles. The Labute approximate surface area is 120 Å². The highest BCUT2D eigenvalue weighted by Gasteiger charge is 2.16. The molecule has 0 aliphatic rings. The molecule has 2 aromatic rings. The van der Waals surface area contributed by atoms with Crippen molar-refractivity contribution in [3.63, 3.8) is 0 Å². The van der Waals surface area contributed by atoms with Crippen LogP contribution in [0.5, 0.6) is 0 Å². The second kappa shape index (κ2) is 5.22. The van der Waals surface area contributed by atoms with Crippen molar-refractivity contribution >= 4 is 35.9 Å². The molecule has 0 aliphatic carbocycles. The van der Waals surface area contributed by atoms with Gasteiger partial charge in [-0.05, 0) is 6.07 Å². The molecule has 2 rings (SSSR count). The highest BCUT2D eigenvalue weighted by molar-refractivity contribution is 7.71. The topological polar surface area (TPSA) is 89.4 Å². The summed E-state index contributed by atoms with van der Waals surface area (Å²) in [7, 11) is 0. The lowest BCUT2D eigenvalue weighted by Gasteiger charge is -2.12. The van der Waals surface area contributed by atoms with Crippen molar-refractivity contribution in [2.24, 2.45) is 0 Å². The Kier molecular flexibility index (Phi) is 3.65. The molecule has 0 fully saturated rings. The van der Waals surface area contributed by atoms with E-state index in [1.165, 1.54) is 0 Å². The number of pyridine rings is 1. The van der Waals surface area contributed by atoms with Crippen molar-refractivity contribution in [1.29, 1.82) is 10.7 Å². The molecule has 0 aliphatic heterocycles. The van der Waals surface area contributed by atoms with Gasteiger partial charge in [-0.2, -0.15) is 5.26 Å². The van der Waals surface area contributed by atoms with E-state index in [1.807, 2.05) is 6.07 Å². The van der Waals surface area contributed by atoms with Gasteiger partial charge in [-0.3, -0.25) is 0 Å². The minimum Gasteiger partial charge on any atom is -0.384 e. The zero-order chi connectivity index (χ0) is 14.0. The standard InChI is InChI=1S/C13H9ClN4S/c14-10-4-2-1-3-7(10)11-8(5-15)12(17)18-13(19)9(11)6-16/h1-4,6,16H,(H3,17,18,19). The van der Waals surface area contributed by atoms with Crippen molar-refractivity contribution in [2.45, 2.75) is 0 Å². The number of nitrogen functional groups attached to an aromatic ring is 1. The second-order valence-electron chi connectivity index (χ2n) is 3.77. The lowest BCUT2D eigenvalue weighted by Crippen LogP contribution is -2.03. The van der Waals surface area contributed by atoms with Crippen molar-refractivity contribution in [3.05, 3.63) is 45.1 Å². The Hall–Kier alpha value is -2.16. The Morgan fingerprint density at radius 1 is 1.42 bits per heavy atom. The van der Waals surface area contributed by atoms with Crippen LogP contribution in [0.1, 0.15) is 11.1 Å². The maximum Gasteiger partial charge on any atom is 0.120 e. The summed E-state index contributed by atoms with van der Waals surface area (Å²) in [6, 6.07) is 9.08. The molecule has 0 radical (unpaired) electrons. The Morgan fingerprint density at radius 3 is 2.68 bits per heavy atom. The highest BCUT2D eigenvalue weighted by Crippen LogP contribution is 2.34. The van der Waals surface area contributed by atoms with E-state index in [0.717, 1.165) is 6.21 Å². The molecule has 0 spiro atoms. The number of nitriles is 1. The lowest BCUT2D eigenvalue weighted by molar-refractivity contribution is 1.27. The van der Waals surface area contributed by atoms with Gasteiger partial charge in [0.05, 0.1) is 0 Å². The van der Waals surface area contributed by atoms with Crippen molar-refractivity contribution in [3.8, 4) is 17.2 Å². The summed E-state index contributed by atoms with van der Waals surface area (Å²) in [5.41, 5.74) is 7.56. The SMILES string of the molecule is N#Cc1c(N)[nH]c(=S)c(C=N)c1-c1ccccc1Cl. The smallest absolute Gasteiger partial charge is 0.120 e. The zero-order valence-electron chi connectivity index (χ0n) is 9.70. The third-order valence-electron chi connectivity index (χ3n) is 2.68. The summed E-state index contributed by atoms with van der Waals surface area (Å²) in [5, 5.41) is 17.2. The van der Waals surface area contributed by atoms with Crippen LogP contribution in [-0.2, 0) is 0 Å². The van der Waals surface area contributed by atoms with E-state index in [9.17, 15) is 5.26 Å². The van der Waals surface area contributed by atoms with Crippen LogP contribution in [0.25, 0.3) is 11.1 Å². The van der Waals surface area contributed by atoms with E-state index in [0.29, 0.717) is 26.4 Å². The second-order valence-corrected chi connectivity index (χ2v) is 4.58. The third-order valence-corrected chi connectivity index (χ3v) is 3.33. The number of nitrogens with zero attached hydrogens (tertiary/aromatic N) is 1. The number of benzene rings is 1. The van der Waals surface area contributed by atoms with Gasteiger partial charge in [-0.15, -0.1) is 0 Å². The summed E-state index contributed by atoms with van der Waals surface area (Å²) < 4.78 is 0.307.